The van der Waals surface area contributed by atoms with E-state index in [0.29, 0.717) is 16.6 Å². The lowest BCUT2D eigenvalue weighted by molar-refractivity contribution is -0.139. The highest BCUT2D eigenvalue weighted by Gasteiger charge is 2.28. The summed E-state index contributed by atoms with van der Waals surface area (Å²) in [4.78, 5) is 24.6. The summed E-state index contributed by atoms with van der Waals surface area (Å²) in [6.45, 7) is 0.600. The van der Waals surface area contributed by atoms with Crippen LogP contribution in [0.3, 0.4) is 0 Å². The van der Waals surface area contributed by atoms with E-state index in [1.165, 1.54) is 6.08 Å². The number of carboxylic acid groups (broad SMARTS) is 1. The maximum absolute atomic E-state index is 12.1. The zero-order valence-electron chi connectivity index (χ0n) is 11.3. The van der Waals surface area contributed by atoms with Crippen molar-refractivity contribution >= 4 is 41.2 Å². The van der Waals surface area contributed by atoms with Crippen LogP contribution in [0.2, 0.25) is 10.0 Å². The Kier molecular flexibility index (Phi) is 5.26. The molecule has 1 saturated heterocycles. The fourth-order valence-corrected chi connectivity index (χ4v) is 2.73. The number of likely N-dealkylation sites (tertiary alicyclic amines) is 1. The fourth-order valence-electron chi connectivity index (χ4n) is 2.42. The Labute approximate surface area is 133 Å². The van der Waals surface area contributed by atoms with Crippen LogP contribution in [0.25, 0.3) is 6.08 Å². The Balaban J connectivity index is 2.04. The monoisotopic (exact) mass is 327 g/mol. The standard InChI is InChI=1S/C15H15Cl2NO3/c16-12-5-3-10(8-13(12)17)4-6-14(19)18-7-1-2-11(18)9-15(20)21/h3-6,8,11H,1-2,7,9H2,(H,20,21). The number of rotatable bonds is 4. The van der Waals surface area contributed by atoms with Crippen LogP contribution in [-0.2, 0) is 9.59 Å². The minimum absolute atomic E-state index is 0.00759. The molecule has 21 heavy (non-hydrogen) atoms. The van der Waals surface area contributed by atoms with Gasteiger partial charge in [-0.25, -0.2) is 0 Å². The highest BCUT2D eigenvalue weighted by Crippen LogP contribution is 2.24. The molecule has 0 aromatic heterocycles. The van der Waals surface area contributed by atoms with Crippen molar-refractivity contribution in [3.63, 3.8) is 0 Å². The molecule has 1 atom stereocenters. The van der Waals surface area contributed by atoms with Gasteiger partial charge in [-0.15, -0.1) is 0 Å². The highest BCUT2D eigenvalue weighted by atomic mass is 35.5. The molecule has 2 rings (SSSR count). The quantitative estimate of drug-likeness (QED) is 0.861. The van der Waals surface area contributed by atoms with Gasteiger partial charge in [-0.2, -0.15) is 0 Å². The first-order valence-corrected chi connectivity index (χ1v) is 7.38. The molecule has 0 aliphatic carbocycles. The summed E-state index contributed by atoms with van der Waals surface area (Å²) in [5.74, 6) is -1.06. The van der Waals surface area contributed by atoms with E-state index in [2.05, 4.69) is 0 Å². The number of aliphatic carboxylic acids is 1. The SMILES string of the molecule is O=C(O)CC1CCCN1C(=O)C=Cc1ccc(Cl)c(Cl)c1. The molecule has 0 spiro atoms. The molecule has 4 nitrogen and oxygen atoms in total. The van der Waals surface area contributed by atoms with Crippen LogP contribution in [0, 0.1) is 0 Å². The van der Waals surface area contributed by atoms with Crippen LogP contribution in [-0.4, -0.2) is 34.5 Å². The highest BCUT2D eigenvalue weighted by molar-refractivity contribution is 6.42. The lowest BCUT2D eigenvalue weighted by Gasteiger charge is -2.21. The van der Waals surface area contributed by atoms with E-state index in [1.54, 1.807) is 29.2 Å². The smallest absolute Gasteiger partial charge is 0.305 e. The molecule has 0 bridgehead atoms. The average Bonchev–Trinajstić information content (AvgIpc) is 2.87. The van der Waals surface area contributed by atoms with E-state index in [1.807, 2.05) is 0 Å². The molecule has 1 unspecified atom stereocenters. The number of nitrogens with zero attached hydrogens (tertiary/aromatic N) is 1. The van der Waals surface area contributed by atoms with E-state index in [4.69, 9.17) is 28.3 Å². The van der Waals surface area contributed by atoms with Crippen molar-refractivity contribution in [3.05, 3.63) is 39.9 Å². The first-order valence-electron chi connectivity index (χ1n) is 6.63. The first kappa shape index (κ1) is 15.9. The largest absolute Gasteiger partial charge is 0.481 e. The topological polar surface area (TPSA) is 57.6 Å². The Bertz CT molecular complexity index is 586. The summed E-state index contributed by atoms with van der Waals surface area (Å²) in [5.41, 5.74) is 0.770. The zero-order chi connectivity index (χ0) is 15.4. The summed E-state index contributed by atoms with van der Waals surface area (Å²) in [6.07, 6.45) is 4.66. The summed E-state index contributed by atoms with van der Waals surface area (Å²) in [6, 6.07) is 4.88. The van der Waals surface area contributed by atoms with Crippen molar-refractivity contribution in [2.75, 3.05) is 6.54 Å². The van der Waals surface area contributed by atoms with Crippen molar-refractivity contribution in [1.29, 1.82) is 0 Å². The zero-order valence-corrected chi connectivity index (χ0v) is 12.8. The van der Waals surface area contributed by atoms with E-state index >= 15 is 0 Å². The second-order valence-corrected chi connectivity index (χ2v) is 5.75. The van der Waals surface area contributed by atoms with E-state index in [9.17, 15) is 9.59 Å². The van der Waals surface area contributed by atoms with Gasteiger partial charge < -0.3 is 10.0 Å². The molecule has 1 N–H and O–H groups in total. The molecule has 1 amide bonds. The molecule has 1 fully saturated rings. The van der Waals surface area contributed by atoms with Gasteiger partial charge in [0.15, 0.2) is 0 Å². The van der Waals surface area contributed by atoms with E-state index in [-0.39, 0.29) is 18.4 Å². The molecule has 1 aromatic carbocycles. The van der Waals surface area contributed by atoms with Crippen LogP contribution in [0.4, 0.5) is 0 Å². The van der Waals surface area contributed by atoms with Crippen LogP contribution in [0.1, 0.15) is 24.8 Å². The Morgan fingerprint density at radius 2 is 2.10 bits per heavy atom. The van der Waals surface area contributed by atoms with E-state index in [0.717, 1.165) is 18.4 Å². The Morgan fingerprint density at radius 3 is 2.76 bits per heavy atom. The van der Waals surface area contributed by atoms with Gasteiger partial charge in [0, 0.05) is 18.7 Å². The summed E-state index contributed by atoms with van der Waals surface area (Å²) >= 11 is 11.7. The predicted octanol–water partition coefficient (Wildman–Crippen LogP) is 3.47. The molecule has 1 aliphatic heterocycles. The van der Waals surface area contributed by atoms with Crippen LogP contribution in [0.5, 0.6) is 0 Å². The number of benzene rings is 1. The van der Waals surface area contributed by atoms with Gasteiger partial charge in [-0.3, -0.25) is 9.59 Å². The van der Waals surface area contributed by atoms with Gasteiger partial charge in [-0.1, -0.05) is 29.3 Å². The molecule has 0 saturated carbocycles. The van der Waals surface area contributed by atoms with Gasteiger partial charge in [-0.05, 0) is 36.6 Å². The van der Waals surface area contributed by atoms with Crippen molar-refractivity contribution in [1.82, 2.24) is 4.90 Å². The lowest BCUT2D eigenvalue weighted by atomic mass is 10.1. The van der Waals surface area contributed by atoms with Crippen LogP contribution in [0.15, 0.2) is 24.3 Å². The van der Waals surface area contributed by atoms with Gasteiger partial charge in [0.25, 0.3) is 0 Å². The molecule has 1 aromatic rings. The Morgan fingerprint density at radius 1 is 1.33 bits per heavy atom. The van der Waals surface area contributed by atoms with Gasteiger partial charge >= 0.3 is 5.97 Å². The van der Waals surface area contributed by atoms with Crippen molar-refractivity contribution < 1.29 is 14.7 Å². The van der Waals surface area contributed by atoms with Gasteiger partial charge in [0.05, 0.1) is 16.5 Å². The molecular formula is C15H15Cl2NO3. The van der Waals surface area contributed by atoms with E-state index < -0.39 is 5.97 Å². The average molecular weight is 328 g/mol. The molecule has 112 valence electrons. The molecular weight excluding hydrogens is 313 g/mol. The molecule has 1 heterocycles. The lowest BCUT2D eigenvalue weighted by Crippen LogP contribution is -2.35. The Hall–Kier alpha value is -1.52. The number of carbonyl (C=O) groups is 2. The van der Waals surface area contributed by atoms with Crippen molar-refractivity contribution in [2.45, 2.75) is 25.3 Å². The molecule has 0 radical (unpaired) electrons. The third-order valence-electron chi connectivity index (χ3n) is 3.43. The predicted molar refractivity (Wildman–Crippen MR) is 82.5 cm³/mol. The maximum atomic E-state index is 12.1. The summed E-state index contributed by atoms with van der Waals surface area (Å²) < 4.78 is 0. The maximum Gasteiger partial charge on any atom is 0.305 e. The van der Waals surface area contributed by atoms with Gasteiger partial charge in [0.2, 0.25) is 5.91 Å². The first-order chi connectivity index (χ1) is 9.97. The number of carbonyl (C=O) groups excluding carboxylic acids is 1. The van der Waals surface area contributed by atoms with Crippen molar-refractivity contribution in [2.24, 2.45) is 0 Å². The number of hydrogen-bond acceptors (Lipinski definition) is 2. The third kappa shape index (κ3) is 4.22. The number of hydrogen-bond donors (Lipinski definition) is 1. The number of amides is 1. The second-order valence-electron chi connectivity index (χ2n) is 4.93. The summed E-state index contributed by atoms with van der Waals surface area (Å²) in [5, 5.41) is 9.74. The van der Waals surface area contributed by atoms with Crippen molar-refractivity contribution in [3.8, 4) is 0 Å². The third-order valence-corrected chi connectivity index (χ3v) is 4.17. The van der Waals surface area contributed by atoms with Gasteiger partial charge in [0.1, 0.15) is 0 Å². The number of halogens is 2. The molecule has 1 aliphatic rings. The number of carboxylic acids is 1. The fraction of sp³-hybridized carbons (Fsp3) is 0.333. The van der Waals surface area contributed by atoms with Crippen LogP contribution < -0.4 is 0 Å². The molecule has 6 heteroatoms. The minimum atomic E-state index is -0.881. The summed E-state index contributed by atoms with van der Waals surface area (Å²) in [7, 11) is 0. The second kappa shape index (κ2) is 6.96. The normalized spacial score (nSPS) is 18.4. The van der Waals surface area contributed by atoms with Crippen LogP contribution >= 0.6 is 23.2 Å². The minimum Gasteiger partial charge on any atom is -0.481 e.